The van der Waals surface area contributed by atoms with E-state index >= 15 is 0 Å². The zero-order valence-corrected chi connectivity index (χ0v) is 13.0. The molecule has 0 aliphatic heterocycles. The Morgan fingerprint density at radius 1 is 1.17 bits per heavy atom. The van der Waals surface area contributed by atoms with Crippen LogP contribution in [0.3, 0.4) is 0 Å². The molecule has 0 aliphatic rings. The van der Waals surface area contributed by atoms with Gasteiger partial charge in [-0.05, 0) is 19.1 Å². The summed E-state index contributed by atoms with van der Waals surface area (Å²) in [6, 6.07) is 12.5. The molecule has 0 radical (unpaired) electrons. The zero-order chi connectivity index (χ0) is 17.3. The summed E-state index contributed by atoms with van der Waals surface area (Å²) in [7, 11) is 0. The first-order chi connectivity index (χ1) is 11.5. The highest BCUT2D eigenvalue weighted by atomic mass is 16.5. The number of hydrogen-bond donors (Lipinski definition) is 2. The average Bonchev–Trinajstić information content (AvgIpc) is 2.86. The number of carbonyl (C=O) groups is 2. The second-order valence-corrected chi connectivity index (χ2v) is 5.18. The molecule has 0 spiro atoms. The molecule has 0 saturated carbocycles. The van der Waals surface area contributed by atoms with E-state index in [1.54, 1.807) is 48.5 Å². The minimum Gasteiger partial charge on any atom is -0.494 e. The van der Waals surface area contributed by atoms with Crippen molar-refractivity contribution < 1.29 is 19.4 Å². The normalized spacial score (nSPS) is 10.7. The van der Waals surface area contributed by atoms with Crippen molar-refractivity contribution in [1.82, 2.24) is 4.57 Å². The molecule has 1 amide bonds. The van der Waals surface area contributed by atoms with E-state index in [-0.39, 0.29) is 11.3 Å². The van der Waals surface area contributed by atoms with Crippen LogP contribution in [0.2, 0.25) is 0 Å². The molecule has 1 aromatic heterocycles. The molecule has 0 aliphatic carbocycles. The van der Waals surface area contributed by atoms with Crippen molar-refractivity contribution in [3.63, 3.8) is 0 Å². The number of primary amides is 1. The lowest BCUT2D eigenvalue weighted by Gasteiger charge is -2.04. The molecule has 6 heteroatoms. The molecule has 3 N–H and O–H groups in total. The SMILES string of the molecule is CCOc1ccc2c(C(=O)c3ccccc3)c(O)n(C(N)=O)c2c1. The number of nitrogens with zero attached hydrogens (tertiary/aromatic N) is 1. The van der Waals surface area contributed by atoms with E-state index in [1.807, 2.05) is 6.92 Å². The van der Waals surface area contributed by atoms with E-state index in [9.17, 15) is 14.7 Å². The first kappa shape index (κ1) is 15.6. The Kier molecular flexibility index (Phi) is 3.95. The lowest BCUT2D eigenvalue weighted by atomic mass is 10.0. The van der Waals surface area contributed by atoms with E-state index in [1.165, 1.54) is 0 Å². The zero-order valence-electron chi connectivity index (χ0n) is 13.0. The number of fused-ring (bicyclic) bond motifs is 1. The summed E-state index contributed by atoms with van der Waals surface area (Å²) in [6.07, 6.45) is 0. The number of hydrogen-bond acceptors (Lipinski definition) is 4. The van der Waals surface area contributed by atoms with Gasteiger partial charge in [-0.1, -0.05) is 30.3 Å². The fourth-order valence-corrected chi connectivity index (χ4v) is 2.69. The van der Waals surface area contributed by atoms with E-state index in [0.29, 0.717) is 28.8 Å². The van der Waals surface area contributed by atoms with Gasteiger partial charge in [-0.2, -0.15) is 0 Å². The fourth-order valence-electron chi connectivity index (χ4n) is 2.69. The Balaban J connectivity index is 2.27. The third-order valence-corrected chi connectivity index (χ3v) is 3.71. The van der Waals surface area contributed by atoms with Crippen LogP contribution in [0.15, 0.2) is 48.5 Å². The van der Waals surface area contributed by atoms with E-state index in [4.69, 9.17) is 10.5 Å². The largest absolute Gasteiger partial charge is 0.494 e. The highest BCUT2D eigenvalue weighted by molar-refractivity contribution is 6.19. The molecule has 1 heterocycles. The van der Waals surface area contributed by atoms with Gasteiger partial charge in [-0.3, -0.25) is 4.79 Å². The Morgan fingerprint density at radius 2 is 1.88 bits per heavy atom. The van der Waals surface area contributed by atoms with Crippen LogP contribution in [0.5, 0.6) is 11.6 Å². The fraction of sp³-hybridized carbons (Fsp3) is 0.111. The molecule has 122 valence electrons. The van der Waals surface area contributed by atoms with Crippen molar-refractivity contribution >= 4 is 22.7 Å². The van der Waals surface area contributed by atoms with Gasteiger partial charge in [0.15, 0.2) is 5.78 Å². The number of aromatic nitrogens is 1. The number of carbonyl (C=O) groups excluding carboxylic acids is 2. The molecule has 0 atom stereocenters. The number of aromatic hydroxyl groups is 1. The Labute approximate surface area is 138 Å². The maximum atomic E-state index is 12.8. The summed E-state index contributed by atoms with van der Waals surface area (Å²) in [5.41, 5.74) is 6.14. The number of nitrogens with two attached hydrogens (primary N) is 1. The molecule has 24 heavy (non-hydrogen) atoms. The van der Waals surface area contributed by atoms with E-state index in [0.717, 1.165) is 4.57 Å². The van der Waals surface area contributed by atoms with Crippen LogP contribution < -0.4 is 10.5 Å². The van der Waals surface area contributed by atoms with Crippen LogP contribution in [0.1, 0.15) is 22.8 Å². The quantitative estimate of drug-likeness (QED) is 0.721. The van der Waals surface area contributed by atoms with Crippen molar-refractivity contribution in [1.29, 1.82) is 0 Å². The van der Waals surface area contributed by atoms with Gasteiger partial charge < -0.3 is 15.6 Å². The van der Waals surface area contributed by atoms with Crippen molar-refractivity contribution in [2.45, 2.75) is 6.92 Å². The minimum absolute atomic E-state index is 0.0399. The third kappa shape index (κ3) is 2.48. The molecular weight excluding hydrogens is 308 g/mol. The Bertz CT molecular complexity index is 929. The van der Waals surface area contributed by atoms with Gasteiger partial charge in [-0.15, -0.1) is 0 Å². The van der Waals surface area contributed by atoms with Crippen molar-refractivity contribution in [2.24, 2.45) is 5.73 Å². The minimum atomic E-state index is -0.877. The molecule has 0 saturated heterocycles. The monoisotopic (exact) mass is 324 g/mol. The van der Waals surface area contributed by atoms with Gasteiger partial charge in [0.2, 0.25) is 5.88 Å². The number of ether oxygens (including phenoxy) is 1. The second kappa shape index (κ2) is 6.08. The van der Waals surface area contributed by atoms with Crippen LogP contribution in [0.25, 0.3) is 10.9 Å². The predicted octanol–water partition coefficient (Wildman–Crippen LogP) is 2.90. The highest BCUT2D eigenvalue weighted by Gasteiger charge is 2.25. The summed E-state index contributed by atoms with van der Waals surface area (Å²) in [4.78, 5) is 24.5. The number of ketones is 1. The molecule has 3 rings (SSSR count). The standard InChI is InChI=1S/C18H16N2O4/c1-2-24-12-8-9-13-14(10-12)20(18(19)23)17(22)15(13)16(21)11-6-4-3-5-7-11/h3-10,22H,2H2,1H3,(H2,19,23). The van der Waals surface area contributed by atoms with Crippen LogP contribution in [0, 0.1) is 0 Å². The van der Waals surface area contributed by atoms with E-state index in [2.05, 4.69) is 0 Å². The number of rotatable bonds is 4. The third-order valence-electron chi connectivity index (χ3n) is 3.71. The number of benzene rings is 2. The van der Waals surface area contributed by atoms with Crippen molar-refractivity contribution in [3.05, 3.63) is 59.7 Å². The van der Waals surface area contributed by atoms with Gasteiger partial charge in [0.1, 0.15) is 5.75 Å². The maximum absolute atomic E-state index is 12.8. The van der Waals surface area contributed by atoms with Gasteiger partial charge >= 0.3 is 6.03 Å². The molecule has 0 bridgehead atoms. The van der Waals surface area contributed by atoms with Crippen LogP contribution >= 0.6 is 0 Å². The molecule has 0 fully saturated rings. The maximum Gasteiger partial charge on any atom is 0.326 e. The molecular formula is C18H16N2O4. The smallest absolute Gasteiger partial charge is 0.326 e. The molecule has 6 nitrogen and oxygen atoms in total. The van der Waals surface area contributed by atoms with Gasteiger partial charge in [0.05, 0.1) is 17.7 Å². The lowest BCUT2D eigenvalue weighted by molar-refractivity contribution is 0.103. The summed E-state index contributed by atoms with van der Waals surface area (Å²) >= 11 is 0. The first-order valence-electron chi connectivity index (χ1n) is 7.44. The summed E-state index contributed by atoms with van der Waals surface area (Å²) in [6.45, 7) is 2.28. The Hall–Kier alpha value is -3.28. The second-order valence-electron chi connectivity index (χ2n) is 5.18. The Morgan fingerprint density at radius 3 is 2.50 bits per heavy atom. The summed E-state index contributed by atoms with van der Waals surface area (Å²) in [5, 5.41) is 10.9. The number of amides is 1. The summed E-state index contributed by atoms with van der Waals surface area (Å²) in [5.74, 6) is -0.342. The predicted molar refractivity (Wildman–Crippen MR) is 89.6 cm³/mol. The van der Waals surface area contributed by atoms with Gasteiger partial charge in [0, 0.05) is 17.0 Å². The molecule has 2 aromatic carbocycles. The highest BCUT2D eigenvalue weighted by Crippen LogP contribution is 2.34. The van der Waals surface area contributed by atoms with Gasteiger partial charge in [0.25, 0.3) is 0 Å². The lowest BCUT2D eigenvalue weighted by Crippen LogP contribution is -2.19. The topological polar surface area (TPSA) is 94.6 Å². The van der Waals surface area contributed by atoms with Crippen LogP contribution in [-0.4, -0.2) is 28.1 Å². The van der Waals surface area contributed by atoms with Crippen LogP contribution in [0.4, 0.5) is 4.79 Å². The van der Waals surface area contributed by atoms with Crippen molar-refractivity contribution in [2.75, 3.05) is 6.61 Å². The molecule has 3 aromatic rings. The summed E-state index contributed by atoms with van der Waals surface area (Å²) < 4.78 is 6.32. The van der Waals surface area contributed by atoms with Crippen LogP contribution in [-0.2, 0) is 0 Å². The van der Waals surface area contributed by atoms with Crippen molar-refractivity contribution in [3.8, 4) is 11.6 Å². The van der Waals surface area contributed by atoms with Gasteiger partial charge in [-0.25, -0.2) is 9.36 Å². The first-order valence-corrected chi connectivity index (χ1v) is 7.44. The average molecular weight is 324 g/mol. The molecule has 0 unspecified atom stereocenters. The van der Waals surface area contributed by atoms with E-state index < -0.39 is 11.9 Å².